The van der Waals surface area contributed by atoms with Crippen molar-refractivity contribution < 1.29 is 18.3 Å². The zero-order valence-electron chi connectivity index (χ0n) is 13.9. The minimum Gasteiger partial charge on any atom is -0.481 e. The van der Waals surface area contributed by atoms with Gasteiger partial charge in [-0.15, -0.1) is 0 Å². The van der Waals surface area contributed by atoms with Crippen LogP contribution in [0.5, 0.6) is 0 Å². The number of nitrogens with zero attached hydrogens (tertiary/aromatic N) is 2. The van der Waals surface area contributed by atoms with Crippen LogP contribution >= 0.6 is 0 Å². The number of benzene rings is 2. The summed E-state index contributed by atoms with van der Waals surface area (Å²) in [6, 6.07) is 16.5. The Balaban J connectivity index is 1.88. The van der Waals surface area contributed by atoms with E-state index >= 15 is 0 Å². The molecule has 0 saturated carbocycles. The third-order valence-corrected chi connectivity index (χ3v) is 6.19. The number of anilines is 1. The average molecular weight is 360 g/mol. The minimum atomic E-state index is -3.75. The summed E-state index contributed by atoms with van der Waals surface area (Å²) in [7, 11) is -2.21. The molecule has 1 heterocycles. The largest absolute Gasteiger partial charge is 0.481 e. The first-order valence-electron chi connectivity index (χ1n) is 7.98. The zero-order valence-corrected chi connectivity index (χ0v) is 14.7. The first-order valence-corrected chi connectivity index (χ1v) is 9.38. The van der Waals surface area contributed by atoms with Gasteiger partial charge in [-0.1, -0.05) is 48.5 Å². The number of carboxylic acids is 1. The summed E-state index contributed by atoms with van der Waals surface area (Å²) >= 11 is 0. The Bertz CT molecular complexity index is 868. The number of rotatable bonds is 6. The first-order chi connectivity index (χ1) is 11.9. The molecule has 0 bridgehead atoms. The van der Waals surface area contributed by atoms with Gasteiger partial charge in [-0.3, -0.25) is 9.10 Å². The summed E-state index contributed by atoms with van der Waals surface area (Å²) in [5, 5.41) is 9.11. The maximum atomic E-state index is 13.0. The monoisotopic (exact) mass is 360 g/mol. The Morgan fingerprint density at radius 2 is 1.80 bits per heavy atom. The smallest absolute Gasteiger partial charge is 0.304 e. The summed E-state index contributed by atoms with van der Waals surface area (Å²) in [5.74, 6) is -1.27. The van der Waals surface area contributed by atoms with E-state index in [9.17, 15) is 13.2 Å². The van der Waals surface area contributed by atoms with Gasteiger partial charge < -0.3 is 5.11 Å². The van der Waals surface area contributed by atoms with E-state index in [-0.39, 0.29) is 25.4 Å². The van der Waals surface area contributed by atoms with Gasteiger partial charge in [-0.2, -0.15) is 12.7 Å². The van der Waals surface area contributed by atoms with Crippen LogP contribution in [0.15, 0.2) is 54.6 Å². The molecule has 0 spiro atoms. The lowest BCUT2D eigenvalue weighted by Crippen LogP contribution is -2.41. The quantitative estimate of drug-likeness (QED) is 0.858. The second kappa shape index (κ2) is 6.85. The van der Waals surface area contributed by atoms with E-state index in [1.54, 1.807) is 24.3 Å². The number of hydrogen-bond acceptors (Lipinski definition) is 3. The third-order valence-electron chi connectivity index (χ3n) is 4.37. The third kappa shape index (κ3) is 3.52. The van der Waals surface area contributed by atoms with Gasteiger partial charge in [0.25, 0.3) is 0 Å². The van der Waals surface area contributed by atoms with Crippen molar-refractivity contribution in [2.24, 2.45) is 0 Å². The van der Waals surface area contributed by atoms with E-state index in [0.29, 0.717) is 5.69 Å². The molecule has 0 radical (unpaired) electrons. The molecule has 0 aliphatic carbocycles. The summed E-state index contributed by atoms with van der Waals surface area (Å²) in [6.45, 7) is 0.401. The van der Waals surface area contributed by atoms with Crippen molar-refractivity contribution in [3.05, 3.63) is 65.7 Å². The van der Waals surface area contributed by atoms with Gasteiger partial charge in [0.05, 0.1) is 12.1 Å². The molecule has 0 saturated heterocycles. The highest BCUT2D eigenvalue weighted by atomic mass is 32.2. The van der Waals surface area contributed by atoms with Crippen LogP contribution in [0.2, 0.25) is 0 Å². The molecule has 25 heavy (non-hydrogen) atoms. The van der Waals surface area contributed by atoms with Gasteiger partial charge in [0.15, 0.2) is 0 Å². The van der Waals surface area contributed by atoms with Gasteiger partial charge in [-0.25, -0.2) is 0 Å². The number of carboxylic acid groups (broad SMARTS) is 1. The van der Waals surface area contributed by atoms with Gasteiger partial charge in [-0.05, 0) is 17.2 Å². The predicted octanol–water partition coefficient (Wildman–Crippen LogP) is 2.44. The van der Waals surface area contributed by atoms with Gasteiger partial charge in [0, 0.05) is 26.1 Å². The maximum Gasteiger partial charge on any atom is 0.304 e. The second-order valence-corrected chi connectivity index (χ2v) is 8.09. The number of para-hydroxylation sites is 1. The van der Waals surface area contributed by atoms with Crippen LogP contribution in [0, 0.1) is 0 Å². The van der Waals surface area contributed by atoms with E-state index in [1.807, 2.05) is 30.3 Å². The molecule has 1 aliphatic rings. The minimum absolute atomic E-state index is 0.0918. The molecule has 6 nitrogen and oxygen atoms in total. The van der Waals surface area contributed by atoms with Gasteiger partial charge >= 0.3 is 16.2 Å². The second-order valence-electron chi connectivity index (χ2n) is 6.13. The number of hydrogen-bond donors (Lipinski definition) is 1. The number of aliphatic carboxylic acids is 1. The summed E-state index contributed by atoms with van der Waals surface area (Å²) in [5.41, 5.74) is 2.22. The van der Waals surface area contributed by atoms with Crippen LogP contribution in [-0.4, -0.2) is 37.4 Å². The molecule has 1 aliphatic heterocycles. The lowest BCUT2D eigenvalue weighted by atomic mass is 9.98. The highest BCUT2D eigenvalue weighted by Crippen LogP contribution is 2.40. The molecule has 2 aromatic carbocycles. The maximum absolute atomic E-state index is 13.0. The highest BCUT2D eigenvalue weighted by Gasteiger charge is 2.38. The Labute approximate surface area is 147 Å². The lowest BCUT2D eigenvalue weighted by molar-refractivity contribution is -0.137. The van der Waals surface area contributed by atoms with Crippen molar-refractivity contribution in [3.63, 3.8) is 0 Å². The molecule has 3 rings (SSSR count). The average Bonchev–Trinajstić information content (AvgIpc) is 2.95. The molecule has 1 unspecified atom stereocenters. The van der Waals surface area contributed by atoms with Gasteiger partial charge in [0.2, 0.25) is 0 Å². The van der Waals surface area contributed by atoms with Crippen molar-refractivity contribution in [2.45, 2.75) is 18.9 Å². The molecule has 0 aromatic heterocycles. The van der Waals surface area contributed by atoms with E-state index in [1.165, 1.54) is 15.7 Å². The summed E-state index contributed by atoms with van der Waals surface area (Å²) in [6.07, 6.45) is -0.0918. The Morgan fingerprint density at radius 1 is 1.16 bits per heavy atom. The van der Waals surface area contributed by atoms with Crippen molar-refractivity contribution in [3.8, 4) is 0 Å². The molecular weight excluding hydrogens is 340 g/mol. The standard InChI is InChI=1S/C18H20N2O4S/c1-19(12-14-7-3-2-4-8-14)25(23,24)20-13-15(11-18(21)22)16-9-5-6-10-17(16)20/h2-10,15H,11-13H2,1H3,(H,21,22). The van der Waals surface area contributed by atoms with Crippen LogP contribution in [-0.2, 0) is 21.5 Å². The van der Waals surface area contributed by atoms with Gasteiger partial charge in [0.1, 0.15) is 0 Å². The molecule has 132 valence electrons. The number of fused-ring (bicyclic) bond motifs is 1. The predicted molar refractivity (Wildman–Crippen MR) is 95.6 cm³/mol. The summed E-state index contributed by atoms with van der Waals surface area (Å²) in [4.78, 5) is 11.1. The highest BCUT2D eigenvalue weighted by molar-refractivity contribution is 7.90. The molecule has 2 aromatic rings. The van der Waals surface area contributed by atoms with Crippen LogP contribution in [0.1, 0.15) is 23.5 Å². The lowest BCUT2D eigenvalue weighted by Gasteiger charge is -2.26. The first kappa shape index (κ1) is 17.4. The zero-order chi connectivity index (χ0) is 18.0. The van der Waals surface area contributed by atoms with E-state index in [4.69, 9.17) is 5.11 Å². The van der Waals surface area contributed by atoms with E-state index < -0.39 is 16.2 Å². The van der Waals surface area contributed by atoms with Crippen molar-refractivity contribution in [1.82, 2.24) is 4.31 Å². The number of carbonyl (C=O) groups is 1. The Kier molecular flexibility index (Phi) is 4.78. The van der Waals surface area contributed by atoms with Crippen molar-refractivity contribution in [1.29, 1.82) is 0 Å². The molecule has 1 atom stereocenters. The summed E-state index contributed by atoms with van der Waals surface area (Å²) < 4.78 is 28.7. The molecule has 0 fully saturated rings. The van der Waals surface area contributed by atoms with E-state index in [0.717, 1.165) is 11.1 Å². The van der Waals surface area contributed by atoms with Crippen LogP contribution < -0.4 is 4.31 Å². The fourth-order valence-corrected chi connectivity index (χ4v) is 4.58. The fourth-order valence-electron chi connectivity index (χ4n) is 3.15. The molecule has 0 amide bonds. The SMILES string of the molecule is CN(Cc1ccccc1)S(=O)(=O)N1CC(CC(=O)O)c2ccccc21. The van der Waals surface area contributed by atoms with Crippen molar-refractivity contribution in [2.75, 3.05) is 17.9 Å². The van der Waals surface area contributed by atoms with Crippen LogP contribution in [0.4, 0.5) is 5.69 Å². The molecular formula is C18H20N2O4S. The van der Waals surface area contributed by atoms with E-state index in [2.05, 4.69) is 0 Å². The Morgan fingerprint density at radius 3 is 2.48 bits per heavy atom. The molecule has 7 heteroatoms. The normalized spacial score (nSPS) is 16.9. The topological polar surface area (TPSA) is 77.9 Å². The van der Waals surface area contributed by atoms with Crippen LogP contribution in [0.25, 0.3) is 0 Å². The fraction of sp³-hybridized carbons (Fsp3) is 0.278. The molecule has 1 N–H and O–H groups in total. The van der Waals surface area contributed by atoms with Crippen molar-refractivity contribution >= 4 is 21.9 Å². The Hall–Kier alpha value is -2.38. The van der Waals surface area contributed by atoms with Crippen LogP contribution in [0.3, 0.4) is 0 Å².